The Morgan fingerprint density at radius 3 is 1.50 bits per heavy atom. The highest BCUT2D eigenvalue weighted by atomic mass is 35.6. The first-order valence-electron chi connectivity index (χ1n) is 5.19. The highest BCUT2D eigenvalue weighted by molar-refractivity contribution is 6.67. The molecule has 0 N–H and O–H groups in total. The van der Waals surface area contributed by atoms with Gasteiger partial charge < -0.3 is 0 Å². The molecule has 0 nitrogen and oxygen atoms in total. The monoisotopic (exact) mass is 278 g/mol. The van der Waals surface area contributed by atoms with Crippen molar-refractivity contribution in [3.05, 3.63) is 0 Å². The standard InChI is InChI=1S/C10H18Cl4/c11-9-7-5-3-1-2-4-6-8-10(12,13)14/h1-9H2. The molecule has 86 valence electrons. The highest BCUT2D eigenvalue weighted by Gasteiger charge is 2.17. The lowest BCUT2D eigenvalue weighted by atomic mass is 10.1. The normalized spacial score (nSPS) is 12.0. The molecule has 14 heavy (non-hydrogen) atoms. The van der Waals surface area contributed by atoms with Gasteiger partial charge in [-0.05, 0) is 19.3 Å². The van der Waals surface area contributed by atoms with E-state index in [9.17, 15) is 0 Å². The number of hydrogen-bond donors (Lipinski definition) is 0. The smallest absolute Gasteiger partial charge is 0.127 e. The fraction of sp³-hybridized carbons (Fsp3) is 1.00. The number of hydrogen-bond acceptors (Lipinski definition) is 0. The molecule has 0 radical (unpaired) electrons. The van der Waals surface area contributed by atoms with E-state index in [0.29, 0.717) is 6.42 Å². The fourth-order valence-corrected chi connectivity index (χ4v) is 1.89. The molecule has 0 heterocycles. The molecule has 0 saturated carbocycles. The molecule has 0 atom stereocenters. The SMILES string of the molecule is ClCCCCCCCCCC(Cl)(Cl)Cl. The van der Waals surface area contributed by atoms with E-state index in [1.807, 2.05) is 0 Å². The third kappa shape index (κ3) is 13.2. The van der Waals surface area contributed by atoms with Gasteiger partial charge in [-0.3, -0.25) is 0 Å². The molecule has 0 aromatic heterocycles. The van der Waals surface area contributed by atoms with Gasteiger partial charge in [0.2, 0.25) is 0 Å². The molecule has 0 unspecified atom stereocenters. The number of rotatable bonds is 8. The highest BCUT2D eigenvalue weighted by Crippen LogP contribution is 2.32. The summed E-state index contributed by atoms with van der Waals surface area (Å²) in [7, 11) is 0. The van der Waals surface area contributed by atoms with Gasteiger partial charge in [0, 0.05) is 5.88 Å². The van der Waals surface area contributed by atoms with E-state index in [-0.39, 0.29) is 0 Å². The predicted molar refractivity (Wildman–Crippen MR) is 67.9 cm³/mol. The van der Waals surface area contributed by atoms with Crippen LogP contribution in [0.4, 0.5) is 0 Å². The van der Waals surface area contributed by atoms with Crippen molar-refractivity contribution >= 4 is 46.4 Å². The maximum atomic E-state index is 5.63. The Bertz CT molecular complexity index is 120. The van der Waals surface area contributed by atoms with Gasteiger partial charge >= 0.3 is 0 Å². The maximum Gasteiger partial charge on any atom is 0.190 e. The summed E-state index contributed by atoms with van der Waals surface area (Å²) in [5, 5.41) is 0. The Balaban J connectivity index is 2.99. The Morgan fingerprint density at radius 1 is 0.643 bits per heavy atom. The second-order valence-corrected chi connectivity index (χ2v) is 6.42. The van der Waals surface area contributed by atoms with Crippen LogP contribution in [0.1, 0.15) is 51.4 Å². The summed E-state index contributed by atoms with van der Waals surface area (Å²) in [6, 6.07) is 0. The molecule has 0 rings (SSSR count). The van der Waals surface area contributed by atoms with Crippen LogP contribution in [-0.4, -0.2) is 9.67 Å². The van der Waals surface area contributed by atoms with Crippen LogP contribution < -0.4 is 0 Å². The number of halogens is 4. The summed E-state index contributed by atoms with van der Waals surface area (Å²) in [6.07, 6.45) is 9.00. The van der Waals surface area contributed by atoms with Crippen LogP contribution in [0.25, 0.3) is 0 Å². The van der Waals surface area contributed by atoms with Crippen LogP contribution in [0.15, 0.2) is 0 Å². The van der Waals surface area contributed by atoms with Crippen LogP contribution in [-0.2, 0) is 0 Å². The van der Waals surface area contributed by atoms with E-state index < -0.39 is 3.79 Å². The Morgan fingerprint density at radius 2 is 1.07 bits per heavy atom. The van der Waals surface area contributed by atoms with Crippen molar-refractivity contribution in [1.82, 2.24) is 0 Å². The molecule has 0 aromatic carbocycles. The van der Waals surface area contributed by atoms with Gasteiger partial charge in [0.15, 0.2) is 3.79 Å². The van der Waals surface area contributed by atoms with Crippen molar-refractivity contribution in [1.29, 1.82) is 0 Å². The largest absolute Gasteiger partial charge is 0.190 e. The van der Waals surface area contributed by atoms with Gasteiger partial charge in [0.1, 0.15) is 0 Å². The zero-order valence-electron chi connectivity index (χ0n) is 8.38. The lowest BCUT2D eigenvalue weighted by Crippen LogP contribution is -2.00. The van der Waals surface area contributed by atoms with Gasteiger partial charge in [-0.1, -0.05) is 66.9 Å². The lowest BCUT2D eigenvalue weighted by Gasteiger charge is -2.09. The van der Waals surface area contributed by atoms with Crippen molar-refractivity contribution < 1.29 is 0 Å². The zero-order valence-corrected chi connectivity index (χ0v) is 11.4. The first-order valence-corrected chi connectivity index (χ1v) is 6.86. The summed E-state index contributed by atoms with van der Waals surface area (Å²) in [5.74, 6) is 0.785. The van der Waals surface area contributed by atoms with Crippen molar-refractivity contribution in [2.45, 2.75) is 55.2 Å². The summed E-state index contributed by atoms with van der Waals surface area (Å²) in [4.78, 5) is 0. The molecule has 0 bridgehead atoms. The molecule has 0 aliphatic carbocycles. The summed E-state index contributed by atoms with van der Waals surface area (Å²) in [5.41, 5.74) is 0. The van der Waals surface area contributed by atoms with Crippen LogP contribution in [0, 0.1) is 0 Å². The molecule has 0 aliphatic heterocycles. The van der Waals surface area contributed by atoms with Gasteiger partial charge in [0.25, 0.3) is 0 Å². The third-order valence-electron chi connectivity index (χ3n) is 2.09. The summed E-state index contributed by atoms with van der Waals surface area (Å²) >= 11 is 22.5. The van der Waals surface area contributed by atoms with Crippen LogP contribution in [0.2, 0.25) is 0 Å². The second kappa shape index (κ2) is 9.39. The molecule has 0 aromatic rings. The average Bonchev–Trinajstić information content (AvgIpc) is 2.08. The van der Waals surface area contributed by atoms with Crippen LogP contribution in [0.5, 0.6) is 0 Å². The van der Waals surface area contributed by atoms with E-state index in [2.05, 4.69) is 0 Å². The average molecular weight is 280 g/mol. The predicted octanol–water partition coefficient (Wildman–Crippen LogP) is 5.72. The van der Waals surface area contributed by atoms with E-state index in [0.717, 1.165) is 25.1 Å². The minimum atomic E-state index is -1.06. The van der Waals surface area contributed by atoms with E-state index in [4.69, 9.17) is 46.4 Å². The zero-order chi connectivity index (χ0) is 10.9. The van der Waals surface area contributed by atoms with Crippen LogP contribution >= 0.6 is 46.4 Å². The molecule has 0 amide bonds. The Kier molecular flexibility index (Phi) is 10.2. The van der Waals surface area contributed by atoms with Gasteiger partial charge in [0.05, 0.1) is 0 Å². The molecule has 4 heteroatoms. The van der Waals surface area contributed by atoms with Crippen molar-refractivity contribution in [2.24, 2.45) is 0 Å². The van der Waals surface area contributed by atoms with Crippen LogP contribution in [0.3, 0.4) is 0 Å². The minimum Gasteiger partial charge on any atom is -0.127 e. The molecule has 0 spiro atoms. The fourth-order valence-electron chi connectivity index (χ4n) is 1.30. The lowest BCUT2D eigenvalue weighted by molar-refractivity contribution is 0.579. The van der Waals surface area contributed by atoms with Gasteiger partial charge in [-0.2, -0.15) is 0 Å². The molecule has 0 fully saturated rings. The quantitative estimate of drug-likeness (QED) is 0.394. The summed E-state index contributed by atoms with van der Waals surface area (Å²) < 4.78 is -1.06. The Hall–Kier alpha value is 1.16. The summed E-state index contributed by atoms with van der Waals surface area (Å²) in [6.45, 7) is 0. The topological polar surface area (TPSA) is 0 Å². The van der Waals surface area contributed by atoms with E-state index >= 15 is 0 Å². The molecular weight excluding hydrogens is 262 g/mol. The van der Waals surface area contributed by atoms with Crippen molar-refractivity contribution in [2.75, 3.05) is 5.88 Å². The van der Waals surface area contributed by atoms with Gasteiger partial charge in [-0.15, -0.1) is 11.6 Å². The van der Waals surface area contributed by atoms with E-state index in [1.165, 1.54) is 25.7 Å². The molecule has 0 aliphatic rings. The van der Waals surface area contributed by atoms with Gasteiger partial charge in [-0.25, -0.2) is 0 Å². The second-order valence-electron chi connectivity index (χ2n) is 3.53. The van der Waals surface area contributed by atoms with E-state index in [1.54, 1.807) is 0 Å². The third-order valence-corrected chi connectivity index (χ3v) is 2.93. The Labute approximate surface area is 107 Å². The maximum absolute atomic E-state index is 5.63. The molecule has 0 saturated heterocycles. The van der Waals surface area contributed by atoms with Crippen molar-refractivity contribution in [3.8, 4) is 0 Å². The molecular formula is C10H18Cl4. The first-order chi connectivity index (χ1) is 6.56. The number of unbranched alkanes of at least 4 members (excludes halogenated alkanes) is 6. The number of alkyl halides is 4. The first kappa shape index (κ1) is 15.2. The van der Waals surface area contributed by atoms with Crippen molar-refractivity contribution in [3.63, 3.8) is 0 Å². The minimum absolute atomic E-state index is 0.666.